The maximum absolute atomic E-state index is 6.55. The van der Waals surface area contributed by atoms with Crippen LogP contribution in [0, 0.1) is 11.3 Å². The number of methoxy groups -OCH3 is 1. The first-order chi connectivity index (χ1) is 12.1. The fraction of sp³-hybridized carbons (Fsp3) is 0.667. The first-order valence-corrected chi connectivity index (χ1v) is 10.8. The lowest BCUT2D eigenvalue weighted by atomic mass is 9.94. The Labute approximate surface area is 159 Å². The van der Waals surface area contributed by atoms with Gasteiger partial charge in [0.1, 0.15) is 24.0 Å². The molecule has 0 amide bonds. The van der Waals surface area contributed by atoms with Crippen molar-refractivity contribution in [3.63, 3.8) is 0 Å². The smallest absolute Gasteiger partial charge is 0.193 e. The van der Waals surface area contributed by atoms with Crippen LogP contribution in [0.4, 0.5) is 0 Å². The third kappa shape index (κ3) is 3.22. The molecule has 2 heterocycles. The summed E-state index contributed by atoms with van der Waals surface area (Å²) >= 11 is 0. The first-order valence-electron chi connectivity index (χ1n) is 9.41. The molecule has 1 aromatic carbocycles. The largest absolute Gasteiger partial charge is 0.496 e. The summed E-state index contributed by atoms with van der Waals surface area (Å²) in [4.78, 5) is 4.92. The lowest BCUT2D eigenvalue weighted by molar-refractivity contribution is 0.172. The number of hydrogen-bond donors (Lipinski definition) is 0. The van der Waals surface area contributed by atoms with Crippen LogP contribution in [0.1, 0.15) is 48.5 Å². The summed E-state index contributed by atoms with van der Waals surface area (Å²) in [5.74, 6) is 3.20. The van der Waals surface area contributed by atoms with Gasteiger partial charge in [0.2, 0.25) is 0 Å². The fourth-order valence-electron chi connectivity index (χ4n) is 3.64. The van der Waals surface area contributed by atoms with Crippen molar-refractivity contribution in [2.24, 2.45) is 16.3 Å². The molecule has 0 N–H and O–H groups in total. The molecule has 0 saturated heterocycles. The molecule has 2 aliphatic rings. The molecule has 26 heavy (non-hydrogen) atoms. The van der Waals surface area contributed by atoms with Crippen molar-refractivity contribution in [3.05, 3.63) is 18.2 Å². The Balaban J connectivity index is 2.03. The fourth-order valence-corrected chi connectivity index (χ4v) is 6.99. The van der Waals surface area contributed by atoms with E-state index in [1.165, 1.54) is 5.30 Å². The second kappa shape index (κ2) is 6.71. The van der Waals surface area contributed by atoms with Crippen molar-refractivity contribution in [1.29, 1.82) is 0 Å². The molecular weight excluding hydrogens is 345 g/mol. The summed E-state index contributed by atoms with van der Waals surface area (Å²) in [7, 11) is 1.10. The van der Waals surface area contributed by atoms with E-state index in [0.29, 0.717) is 12.5 Å². The van der Waals surface area contributed by atoms with E-state index in [1.807, 2.05) is 12.1 Å². The third-order valence-corrected chi connectivity index (χ3v) is 8.82. The highest BCUT2D eigenvalue weighted by molar-refractivity contribution is 7.68. The topological polar surface area (TPSA) is 40.0 Å². The number of benzene rings is 1. The lowest BCUT2D eigenvalue weighted by Crippen LogP contribution is -2.41. The van der Waals surface area contributed by atoms with Crippen LogP contribution in [0.5, 0.6) is 11.5 Å². The molecule has 1 aromatic rings. The number of hydrogen-bond acceptors (Lipinski definition) is 4. The minimum Gasteiger partial charge on any atom is -0.496 e. The Morgan fingerprint density at radius 1 is 1.19 bits per heavy atom. The van der Waals surface area contributed by atoms with Crippen LogP contribution in [-0.2, 0) is 4.74 Å². The van der Waals surface area contributed by atoms with E-state index >= 15 is 0 Å². The zero-order valence-electron chi connectivity index (χ0n) is 17.3. The van der Waals surface area contributed by atoms with Crippen LogP contribution in [-0.4, -0.2) is 36.7 Å². The zero-order valence-corrected chi connectivity index (χ0v) is 18.2. The zero-order chi connectivity index (χ0) is 19.3. The van der Waals surface area contributed by atoms with E-state index in [-0.39, 0.29) is 22.5 Å². The second-order valence-electron chi connectivity index (χ2n) is 9.10. The summed E-state index contributed by atoms with van der Waals surface area (Å²) in [5, 5.41) is 1.31. The second-order valence-corrected chi connectivity index (χ2v) is 12.1. The molecule has 0 aromatic heterocycles. The lowest BCUT2D eigenvalue weighted by Gasteiger charge is -2.39. The maximum atomic E-state index is 6.55. The van der Waals surface area contributed by atoms with Gasteiger partial charge in [-0.2, -0.15) is 0 Å². The predicted molar refractivity (Wildman–Crippen MR) is 110 cm³/mol. The van der Waals surface area contributed by atoms with Gasteiger partial charge < -0.3 is 14.2 Å². The van der Waals surface area contributed by atoms with Crippen LogP contribution >= 0.6 is 7.92 Å². The van der Waals surface area contributed by atoms with Crippen LogP contribution < -0.4 is 14.8 Å². The van der Waals surface area contributed by atoms with Gasteiger partial charge in [-0.05, 0) is 45.0 Å². The monoisotopic (exact) mass is 377 g/mol. The van der Waals surface area contributed by atoms with Gasteiger partial charge in [0.05, 0.1) is 23.9 Å². The van der Waals surface area contributed by atoms with Crippen LogP contribution in [0.2, 0.25) is 0 Å². The summed E-state index contributed by atoms with van der Waals surface area (Å²) in [5.41, 5.74) is -0.299. The van der Waals surface area contributed by atoms with E-state index in [2.05, 4.69) is 54.5 Å². The Hall–Kier alpha value is -1.28. The summed E-state index contributed by atoms with van der Waals surface area (Å²) < 4.78 is 18.3. The SMILES string of the molecule is COc1cccc2c1P(C(C)(C)C)[C@H](C(C)(C)C1=N[C@H](C(C)C)CO1)O2. The van der Waals surface area contributed by atoms with E-state index in [9.17, 15) is 0 Å². The number of aliphatic imine (C=N–C) groups is 1. The minimum atomic E-state index is -0.634. The summed E-state index contributed by atoms with van der Waals surface area (Å²) in [6.07, 6.45) is 0. The average molecular weight is 377 g/mol. The third-order valence-electron chi connectivity index (χ3n) is 5.23. The van der Waals surface area contributed by atoms with Crippen LogP contribution in [0.15, 0.2) is 23.2 Å². The Kier molecular flexibility index (Phi) is 5.03. The van der Waals surface area contributed by atoms with Gasteiger partial charge in [0.15, 0.2) is 5.90 Å². The quantitative estimate of drug-likeness (QED) is 0.708. The number of ether oxygens (including phenoxy) is 3. The molecule has 144 valence electrons. The van der Waals surface area contributed by atoms with Crippen molar-refractivity contribution < 1.29 is 14.2 Å². The Bertz CT molecular complexity index is 706. The van der Waals surface area contributed by atoms with Crippen LogP contribution in [0.25, 0.3) is 0 Å². The molecule has 4 nitrogen and oxygen atoms in total. The molecule has 3 atom stereocenters. The van der Waals surface area contributed by atoms with E-state index in [0.717, 1.165) is 17.4 Å². The Morgan fingerprint density at radius 3 is 2.42 bits per heavy atom. The standard InChI is InChI=1S/C21H32NO3P/c1-13(2)14-12-24-18(22-14)21(6,7)19-25-16-11-9-10-15(23-8)17(16)26(19)20(3,4)5/h9-11,13-14,19H,12H2,1-8H3/t14-,19+,26?/m0/s1. The predicted octanol–water partition coefficient (Wildman–Crippen LogP) is 4.80. The summed E-state index contributed by atoms with van der Waals surface area (Å²) in [6, 6.07) is 6.34. The van der Waals surface area contributed by atoms with Gasteiger partial charge in [0.25, 0.3) is 0 Å². The van der Waals surface area contributed by atoms with Gasteiger partial charge in [-0.1, -0.05) is 40.7 Å². The van der Waals surface area contributed by atoms with Crippen molar-refractivity contribution in [1.82, 2.24) is 0 Å². The molecule has 5 heteroatoms. The van der Waals surface area contributed by atoms with Gasteiger partial charge >= 0.3 is 0 Å². The molecule has 0 spiro atoms. The molecule has 0 bridgehead atoms. The minimum absolute atomic E-state index is 0.00784. The van der Waals surface area contributed by atoms with Crippen LogP contribution in [0.3, 0.4) is 0 Å². The first kappa shape index (κ1) is 19.5. The highest BCUT2D eigenvalue weighted by atomic mass is 31.1. The molecule has 0 aliphatic carbocycles. The average Bonchev–Trinajstić information content (AvgIpc) is 3.19. The van der Waals surface area contributed by atoms with Gasteiger partial charge in [-0.3, -0.25) is 0 Å². The van der Waals surface area contributed by atoms with E-state index in [4.69, 9.17) is 19.2 Å². The molecule has 3 rings (SSSR count). The Morgan fingerprint density at radius 2 is 1.88 bits per heavy atom. The number of rotatable bonds is 4. The van der Waals surface area contributed by atoms with Crippen molar-refractivity contribution in [2.45, 2.75) is 65.5 Å². The molecule has 2 aliphatic heterocycles. The molecular formula is C21H32NO3P. The normalized spacial score (nSPS) is 25.6. The highest BCUT2D eigenvalue weighted by Gasteiger charge is 2.53. The number of fused-ring (bicyclic) bond motifs is 1. The maximum Gasteiger partial charge on any atom is 0.193 e. The van der Waals surface area contributed by atoms with Gasteiger partial charge in [-0.15, -0.1) is 0 Å². The molecule has 0 fully saturated rings. The highest BCUT2D eigenvalue weighted by Crippen LogP contribution is 2.64. The van der Waals surface area contributed by atoms with Gasteiger partial charge in [0, 0.05) is 0 Å². The summed E-state index contributed by atoms with van der Waals surface area (Å²) in [6.45, 7) is 16.4. The van der Waals surface area contributed by atoms with Gasteiger partial charge in [-0.25, -0.2) is 4.99 Å². The van der Waals surface area contributed by atoms with Crippen molar-refractivity contribution in [2.75, 3.05) is 13.7 Å². The van der Waals surface area contributed by atoms with Crippen molar-refractivity contribution >= 4 is 19.1 Å². The van der Waals surface area contributed by atoms with E-state index < -0.39 is 7.92 Å². The molecule has 1 unspecified atom stereocenters. The van der Waals surface area contributed by atoms with E-state index in [1.54, 1.807) is 7.11 Å². The molecule has 0 radical (unpaired) electrons. The van der Waals surface area contributed by atoms with Crippen molar-refractivity contribution in [3.8, 4) is 11.5 Å². The number of nitrogens with zero attached hydrogens (tertiary/aromatic N) is 1. The molecule has 0 saturated carbocycles.